The molecule has 180 valence electrons. The zero-order chi connectivity index (χ0) is 24.6. The van der Waals surface area contributed by atoms with Crippen molar-refractivity contribution in [1.82, 2.24) is 10.6 Å². The summed E-state index contributed by atoms with van der Waals surface area (Å²) in [5, 5.41) is 36.0. The van der Waals surface area contributed by atoms with Crippen molar-refractivity contribution in [2.75, 3.05) is 6.54 Å². The number of hydrogen-bond donors (Lipinski definition) is 5. The summed E-state index contributed by atoms with van der Waals surface area (Å²) in [6.07, 6.45) is 0.334. The van der Waals surface area contributed by atoms with Crippen LogP contribution in [0.1, 0.15) is 47.8 Å². The van der Waals surface area contributed by atoms with E-state index in [1.54, 1.807) is 12.1 Å². The molecule has 3 aromatic carbocycles. The zero-order valence-corrected chi connectivity index (χ0v) is 19.8. The summed E-state index contributed by atoms with van der Waals surface area (Å²) in [6, 6.07) is 22.6. The molecule has 0 saturated carbocycles. The molecular formula is C28H34N2O4. The van der Waals surface area contributed by atoms with Crippen LogP contribution in [0.15, 0.2) is 72.8 Å². The molecule has 3 aromatic rings. The summed E-state index contributed by atoms with van der Waals surface area (Å²) in [7, 11) is 0. The van der Waals surface area contributed by atoms with Gasteiger partial charge in [0.2, 0.25) is 5.91 Å². The predicted octanol–water partition coefficient (Wildman–Crippen LogP) is 3.39. The highest BCUT2D eigenvalue weighted by Gasteiger charge is 2.20. The fourth-order valence-electron chi connectivity index (χ4n) is 3.90. The maximum absolute atomic E-state index is 12.3. The number of aliphatic hydroxyl groups is 2. The van der Waals surface area contributed by atoms with E-state index in [1.807, 2.05) is 42.5 Å². The second kappa shape index (κ2) is 11.8. The smallest absolute Gasteiger partial charge is 0.224 e. The second-order valence-corrected chi connectivity index (χ2v) is 9.26. The van der Waals surface area contributed by atoms with Crippen molar-refractivity contribution in [2.24, 2.45) is 0 Å². The van der Waals surface area contributed by atoms with E-state index in [2.05, 4.69) is 36.6 Å². The molecule has 3 rings (SSSR count). The number of benzene rings is 3. The van der Waals surface area contributed by atoms with Gasteiger partial charge in [0.1, 0.15) is 5.75 Å². The molecule has 0 radical (unpaired) electrons. The Hall–Kier alpha value is -3.19. The second-order valence-electron chi connectivity index (χ2n) is 9.26. The minimum absolute atomic E-state index is 0.00817. The van der Waals surface area contributed by atoms with Gasteiger partial charge in [-0.15, -0.1) is 0 Å². The highest BCUT2D eigenvalue weighted by Crippen LogP contribution is 2.23. The Kier molecular flexibility index (Phi) is 8.82. The first-order valence-electron chi connectivity index (χ1n) is 11.5. The fraction of sp³-hybridized carbons (Fsp3) is 0.321. The van der Waals surface area contributed by atoms with E-state index < -0.39 is 6.10 Å². The Morgan fingerprint density at radius 3 is 2.38 bits per heavy atom. The molecule has 0 aromatic heterocycles. The first-order chi connectivity index (χ1) is 16.3. The van der Waals surface area contributed by atoms with Gasteiger partial charge < -0.3 is 26.0 Å². The molecular weight excluding hydrogens is 428 g/mol. The molecule has 6 heteroatoms. The average Bonchev–Trinajstić information content (AvgIpc) is 2.82. The number of nitrogens with one attached hydrogen (secondary N) is 2. The van der Waals surface area contributed by atoms with Crippen LogP contribution >= 0.6 is 0 Å². The molecule has 0 aliphatic heterocycles. The van der Waals surface area contributed by atoms with Gasteiger partial charge >= 0.3 is 0 Å². The summed E-state index contributed by atoms with van der Waals surface area (Å²) in [6.45, 7) is 4.67. The van der Waals surface area contributed by atoms with Crippen molar-refractivity contribution in [3.05, 3.63) is 101 Å². The van der Waals surface area contributed by atoms with Crippen molar-refractivity contribution in [3.8, 4) is 5.75 Å². The largest absolute Gasteiger partial charge is 0.508 e. The average molecular weight is 463 g/mol. The Bertz CT molecular complexity index is 1080. The number of aliphatic hydroxyl groups excluding tert-OH is 2. The summed E-state index contributed by atoms with van der Waals surface area (Å²) >= 11 is 0. The molecule has 34 heavy (non-hydrogen) atoms. The number of hydrogen-bond acceptors (Lipinski definition) is 5. The molecule has 0 saturated heterocycles. The van der Waals surface area contributed by atoms with Gasteiger partial charge in [-0.25, -0.2) is 0 Å². The van der Waals surface area contributed by atoms with Crippen LogP contribution in [0.3, 0.4) is 0 Å². The van der Waals surface area contributed by atoms with Crippen LogP contribution in [0.4, 0.5) is 0 Å². The van der Waals surface area contributed by atoms with Gasteiger partial charge in [0.25, 0.3) is 0 Å². The number of aromatic hydroxyl groups is 1. The Balaban J connectivity index is 1.52. The molecule has 5 N–H and O–H groups in total. The quantitative estimate of drug-likeness (QED) is 0.301. The number of amides is 1. The molecule has 1 atom stereocenters. The molecule has 0 fully saturated rings. The van der Waals surface area contributed by atoms with Gasteiger partial charge in [-0.1, -0.05) is 60.7 Å². The Labute approximate surface area is 201 Å². The molecule has 0 heterocycles. The van der Waals surface area contributed by atoms with Crippen LogP contribution in [0.5, 0.6) is 5.75 Å². The Morgan fingerprint density at radius 1 is 0.941 bits per heavy atom. The monoisotopic (exact) mass is 462 g/mol. The molecule has 0 aliphatic rings. The lowest BCUT2D eigenvalue weighted by Gasteiger charge is -2.28. The zero-order valence-electron chi connectivity index (χ0n) is 19.8. The normalized spacial score (nSPS) is 12.4. The van der Waals surface area contributed by atoms with Crippen LogP contribution in [0, 0.1) is 0 Å². The maximum Gasteiger partial charge on any atom is 0.224 e. The van der Waals surface area contributed by atoms with E-state index in [0.29, 0.717) is 30.6 Å². The minimum Gasteiger partial charge on any atom is -0.508 e. The van der Waals surface area contributed by atoms with Crippen molar-refractivity contribution in [2.45, 2.75) is 51.5 Å². The SMILES string of the molecule is CC(C)(Cc1cccc(CNC(=O)Cc2ccccc2)c1)NC[C@H](O)c1ccc(O)c(CO)c1. The van der Waals surface area contributed by atoms with Gasteiger partial charge in [-0.2, -0.15) is 0 Å². The predicted molar refractivity (Wildman–Crippen MR) is 133 cm³/mol. The molecule has 1 amide bonds. The molecule has 0 unspecified atom stereocenters. The lowest BCUT2D eigenvalue weighted by Crippen LogP contribution is -2.43. The molecule has 0 bridgehead atoms. The maximum atomic E-state index is 12.3. The standard InChI is InChI=1S/C28H34N2O4/c1-28(2,30-18-26(33)23-11-12-25(32)24(15-23)19-31)16-21-9-6-10-22(13-21)17-29-27(34)14-20-7-4-3-5-8-20/h3-13,15,26,30-33H,14,16-19H2,1-2H3,(H,29,34)/t26-/m0/s1. The van der Waals surface area contributed by atoms with E-state index in [4.69, 9.17) is 0 Å². The topological polar surface area (TPSA) is 102 Å². The lowest BCUT2D eigenvalue weighted by molar-refractivity contribution is -0.120. The van der Waals surface area contributed by atoms with Gasteiger partial charge in [0.05, 0.1) is 19.1 Å². The van der Waals surface area contributed by atoms with Gasteiger partial charge in [0.15, 0.2) is 0 Å². The third kappa shape index (κ3) is 7.70. The third-order valence-corrected chi connectivity index (χ3v) is 5.77. The van der Waals surface area contributed by atoms with Crippen molar-refractivity contribution in [1.29, 1.82) is 0 Å². The summed E-state index contributed by atoms with van der Waals surface area (Å²) in [5.41, 5.74) is 3.90. The van der Waals surface area contributed by atoms with Gasteiger partial charge in [-0.3, -0.25) is 4.79 Å². The summed E-state index contributed by atoms with van der Waals surface area (Å²) in [5.74, 6) is 0.00838. The van der Waals surface area contributed by atoms with Crippen molar-refractivity contribution >= 4 is 5.91 Å². The third-order valence-electron chi connectivity index (χ3n) is 5.77. The van der Waals surface area contributed by atoms with Gasteiger partial charge in [0, 0.05) is 24.2 Å². The van der Waals surface area contributed by atoms with Crippen LogP contribution in [-0.4, -0.2) is 33.3 Å². The van der Waals surface area contributed by atoms with E-state index in [0.717, 1.165) is 23.1 Å². The number of phenols is 1. The fourth-order valence-corrected chi connectivity index (χ4v) is 3.90. The Morgan fingerprint density at radius 2 is 1.65 bits per heavy atom. The van der Waals surface area contributed by atoms with Crippen LogP contribution < -0.4 is 10.6 Å². The molecule has 0 aliphatic carbocycles. The number of rotatable bonds is 11. The van der Waals surface area contributed by atoms with Crippen LogP contribution in [0.2, 0.25) is 0 Å². The molecule has 6 nitrogen and oxygen atoms in total. The molecule has 0 spiro atoms. The number of carbonyl (C=O) groups is 1. The van der Waals surface area contributed by atoms with Gasteiger partial charge in [-0.05, 0) is 54.7 Å². The summed E-state index contributed by atoms with van der Waals surface area (Å²) in [4.78, 5) is 12.3. The lowest BCUT2D eigenvalue weighted by atomic mass is 9.93. The summed E-state index contributed by atoms with van der Waals surface area (Å²) < 4.78 is 0. The van der Waals surface area contributed by atoms with E-state index in [-0.39, 0.29) is 23.8 Å². The van der Waals surface area contributed by atoms with Crippen LogP contribution in [0.25, 0.3) is 0 Å². The van der Waals surface area contributed by atoms with E-state index in [1.165, 1.54) is 6.07 Å². The van der Waals surface area contributed by atoms with Crippen molar-refractivity contribution in [3.63, 3.8) is 0 Å². The minimum atomic E-state index is -0.767. The van der Waals surface area contributed by atoms with E-state index >= 15 is 0 Å². The highest BCUT2D eigenvalue weighted by molar-refractivity contribution is 5.78. The number of β-amino-alcohol motifs (C(OH)–C–C–N with tert-alkyl or cyclic N) is 1. The highest BCUT2D eigenvalue weighted by atomic mass is 16.3. The van der Waals surface area contributed by atoms with Crippen molar-refractivity contribution < 1.29 is 20.1 Å². The van der Waals surface area contributed by atoms with Crippen LogP contribution in [-0.2, 0) is 30.8 Å². The first-order valence-corrected chi connectivity index (χ1v) is 11.5. The number of carbonyl (C=O) groups excluding carboxylic acids is 1. The van der Waals surface area contributed by atoms with E-state index in [9.17, 15) is 20.1 Å². The first kappa shape index (κ1) is 25.4.